The molecule has 6 nitrogen and oxygen atoms in total. The van der Waals surface area contributed by atoms with Crippen LogP contribution in [0.1, 0.15) is 5.56 Å². The van der Waals surface area contributed by atoms with Crippen molar-refractivity contribution >= 4 is 40.2 Å². The maximum Gasteiger partial charge on any atom is 0.266 e. The second-order valence-corrected chi connectivity index (χ2v) is 8.12. The van der Waals surface area contributed by atoms with Gasteiger partial charge in [0.25, 0.3) is 5.56 Å². The summed E-state index contributed by atoms with van der Waals surface area (Å²) in [7, 11) is 0. The number of morpholine rings is 1. The van der Waals surface area contributed by atoms with E-state index in [1.54, 1.807) is 23.1 Å². The van der Waals surface area contributed by atoms with E-state index in [9.17, 15) is 9.59 Å². The summed E-state index contributed by atoms with van der Waals surface area (Å²) in [6.45, 7) is 4.19. The molecule has 1 aliphatic heterocycles. The maximum absolute atomic E-state index is 13.2. The van der Waals surface area contributed by atoms with Crippen molar-refractivity contribution in [1.29, 1.82) is 0 Å². The first-order valence-electron chi connectivity index (χ1n) is 9.31. The van der Waals surface area contributed by atoms with Crippen molar-refractivity contribution in [2.75, 3.05) is 32.1 Å². The Morgan fingerprint density at radius 1 is 1.21 bits per heavy atom. The number of ether oxygens (including phenoxy) is 1. The number of carbonyl (C=O) groups excluding carboxylic acids is 1. The number of para-hydroxylation sites is 1. The van der Waals surface area contributed by atoms with E-state index in [1.165, 1.54) is 16.3 Å². The van der Waals surface area contributed by atoms with Crippen LogP contribution in [0.15, 0.2) is 52.4 Å². The van der Waals surface area contributed by atoms with Gasteiger partial charge in [0.15, 0.2) is 5.16 Å². The van der Waals surface area contributed by atoms with Gasteiger partial charge < -0.3 is 9.64 Å². The molecule has 0 unspecified atom stereocenters. The lowest BCUT2D eigenvalue weighted by Gasteiger charge is -2.26. The predicted octanol–water partition coefficient (Wildman–Crippen LogP) is 3.30. The number of hydrogen-bond donors (Lipinski definition) is 0. The zero-order chi connectivity index (χ0) is 20.4. The third kappa shape index (κ3) is 4.17. The van der Waals surface area contributed by atoms with Crippen LogP contribution in [-0.2, 0) is 9.53 Å². The number of carbonyl (C=O) groups is 1. The van der Waals surface area contributed by atoms with Gasteiger partial charge in [0.2, 0.25) is 5.91 Å². The summed E-state index contributed by atoms with van der Waals surface area (Å²) in [6, 6.07) is 12.7. The van der Waals surface area contributed by atoms with Gasteiger partial charge in [-0.05, 0) is 36.8 Å². The number of aromatic nitrogens is 2. The number of nitrogens with zero attached hydrogens (tertiary/aromatic N) is 3. The first-order chi connectivity index (χ1) is 14.0. The average molecular weight is 430 g/mol. The van der Waals surface area contributed by atoms with Crippen molar-refractivity contribution in [1.82, 2.24) is 14.5 Å². The summed E-state index contributed by atoms with van der Waals surface area (Å²) in [6.07, 6.45) is 0. The minimum atomic E-state index is -0.183. The van der Waals surface area contributed by atoms with Crippen LogP contribution in [0.25, 0.3) is 16.6 Å². The minimum Gasteiger partial charge on any atom is -0.378 e. The number of fused-ring (bicyclic) bond motifs is 1. The second-order valence-electron chi connectivity index (χ2n) is 6.77. The van der Waals surface area contributed by atoms with Crippen molar-refractivity contribution in [3.8, 4) is 5.69 Å². The van der Waals surface area contributed by atoms with Crippen molar-refractivity contribution in [3.63, 3.8) is 0 Å². The molecule has 1 fully saturated rings. The standard InChI is InChI=1S/C21H20ClN3O3S/c1-14-6-7-15(12-17(14)22)25-20(27)16-4-2-3-5-18(16)23-21(25)29-13-19(26)24-8-10-28-11-9-24/h2-7,12H,8-11,13H2,1H3. The number of halogens is 1. The molecular weight excluding hydrogens is 410 g/mol. The molecule has 150 valence electrons. The molecule has 1 aliphatic rings. The Morgan fingerprint density at radius 3 is 2.72 bits per heavy atom. The van der Waals surface area contributed by atoms with Crippen LogP contribution in [0.5, 0.6) is 0 Å². The van der Waals surface area contributed by atoms with Crippen LogP contribution in [0.3, 0.4) is 0 Å². The molecular formula is C21H20ClN3O3S. The van der Waals surface area contributed by atoms with Crippen molar-refractivity contribution in [3.05, 3.63) is 63.4 Å². The number of aryl methyl sites for hydroxylation is 1. The van der Waals surface area contributed by atoms with Gasteiger partial charge in [-0.25, -0.2) is 4.98 Å². The maximum atomic E-state index is 13.2. The zero-order valence-electron chi connectivity index (χ0n) is 15.9. The lowest BCUT2D eigenvalue weighted by Crippen LogP contribution is -2.41. The van der Waals surface area contributed by atoms with Crippen molar-refractivity contribution in [2.24, 2.45) is 0 Å². The summed E-state index contributed by atoms with van der Waals surface area (Å²) in [5, 5.41) is 1.56. The molecule has 8 heteroatoms. The van der Waals surface area contributed by atoms with Gasteiger partial charge in [-0.2, -0.15) is 0 Å². The van der Waals surface area contributed by atoms with Crippen molar-refractivity contribution in [2.45, 2.75) is 12.1 Å². The Morgan fingerprint density at radius 2 is 1.97 bits per heavy atom. The molecule has 0 radical (unpaired) electrons. The van der Waals surface area contributed by atoms with Crippen molar-refractivity contribution < 1.29 is 9.53 Å². The molecule has 1 aromatic heterocycles. The summed E-state index contributed by atoms with van der Waals surface area (Å²) in [4.78, 5) is 32.3. The van der Waals surface area contributed by atoms with E-state index in [0.29, 0.717) is 53.1 Å². The van der Waals surface area contributed by atoms with Crippen LogP contribution in [0.4, 0.5) is 0 Å². The van der Waals surface area contributed by atoms with Crippen LogP contribution in [0, 0.1) is 6.92 Å². The van der Waals surface area contributed by atoms with Crippen LogP contribution in [-0.4, -0.2) is 52.4 Å². The first kappa shape index (κ1) is 19.9. The highest BCUT2D eigenvalue weighted by atomic mass is 35.5. The van der Waals surface area contributed by atoms with Gasteiger partial charge in [0.1, 0.15) is 0 Å². The smallest absolute Gasteiger partial charge is 0.266 e. The molecule has 0 N–H and O–H groups in total. The minimum absolute atomic E-state index is 0.00851. The number of amides is 1. The normalized spacial score (nSPS) is 14.3. The molecule has 2 aromatic carbocycles. The summed E-state index contributed by atoms with van der Waals surface area (Å²) < 4.78 is 6.84. The van der Waals surface area contributed by atoms with Crippen LogP contribution in [0.2, 0.25) is 5.02 Å². The van der Waals surface area contributed by atoms with Gasteiger partial charge in [0, 0.05) is 18.1 Å². The molecule has 3 aromatic rings. The summed E-state index contributed by atoms with van der Waals surface area (Å²) >= 11 is 7.56. The van der Waals surface area contributed by atoms with Crippen LogP contribution >= 0.6 is 23.4 Å². The van der Waals surface area contributed by atoms with E-state index < -0.39 is 0 Å². The Kier molecular flexibility index (Phi) is 5.89. The van der Waals surface area contributed by atoms with Crippen LogP contribution < -0.4 is 5.56 Å². The molecule has 0 aliphatic carbocycles. The molecule has 0 spiro atoms. The Hall–Kier alpha value is -2.35. The van der Waals surface area contributed by atoms with E-state index in [2.05, 4.69) is 4.98 Å². The highest BCUT2D eigenvalue weighted by Crippen LogP contribution is 2.25. The molecule has 1 amide bonds. The second kappa shape index (κ2) is 8.57. The summed E-state index contributed by atoms with van der Waals surface area (Å²) in [5.41, 5.74) is 1.98. The highest BCUT2D eigenvalue weighted by molar-refractivity contribution is 7.99. The Balaban J connectivity index is 1.74. The molecule has 29 heavy (non-hydrogen) atoms. The Bertz CT molecular complexity index is 1130. The van der Waals surface area contributed by atoms with E-state index in [-0.39, 0.29) is 17.2 Å². The fourth-order valence-corrected chi connectivity index (χ4v) is 4.28. The SMILES string of the molecule is Cc1ccc(-n2c(SCC(=O)N3CCOCC3)nc3ccccc3c2=O)cc1Cl. The molecule has 4 rings (SSSR count). The van der Waals surface area contributed by atoms with E-state index in [1.807, 2.05) is 31.2 Å². The quantitative estimate of drug-likeness (QED) is 0.470. The number of hydrogen-bond acceptors (Lipinski definition) is 5. The number of benzene rings is 2. The third-order valence-corrected chi connectivity index (χ3v) is 6.18. The molecule has 1 saturated heterocycles. The Labute approximate surface area is 177 Å². The topological polar surface area (TPSA) is 64.4 Å². The number of thioether (sulfide) groups is 1. The molecule has 0 atom stereocenters. The van der Waals surface area contributed by atoms with Gasteiger partial charge >= 0.3 is 0 Å². The van der Waals surface area contributed by atoms with Gasteiger partial charge in [-0.3, -0.25) is 14.2 Å². The third-order valence-electron chi connectivity index (χ3n) is 4.85. The fourth-order valence-electron chi connectivity index (χ4n) is 3.19. The lowest BCUT2D eigenvalue weighted by atomic mass is 10.2. The summed E-state index contributed by atoms with van der Waals surface area (Å²) in [5.74, 6) is 0.207. The fraction of sp³-hybridized carbons (Fsp3) is 0.286. The molecule has 2 heterocycles. The monoisotopic (exact) mass is 429 g/mol. The van der Waals surface area contributed by atoms with E-state index in [0.717, 1.165) is 5.56 Å². The van der Waals surface area contributed by atoms with Gasteiger partial charge in [-0.1, -0.05) is 41.6 Å². The van der Waals surface area contributed by atoms with Gasteiger partial charge in [0.05, 0.1) is 35.6 Å². The molecule has 0 bridgehead atoms. The lowest BCUT2D eigenvalue weighted by molar-refractivity contribution is -0.132. The zero-order valence-corrected chi connectivity index (χ0v) is 17.5. The first-order valence-corrected chi connectivity index (χ1v) is 10.7. The molecule has 0 saturated carbocycles. The van der Waals surface area contributed by atoms with Gasteiger partial charge in [-0.15, -0.1) is 0 Å². The predicted molar refractivity (Wildman–Crippen MR) is 115 cm³/mol. The number of rotatable bonds is 4. The van der Waals surface area contributed by atoms with E-state index in [4.69, 9.17) is 16.3 Å². The van der Waals surface area contributed by atoms with E-state index >= 15 is 0 Å². The largest absolute Gasteiger partial charge is 0.378 e. The average Bonchev–Trinajstić information content (AvgIpc) is 2.75. The highest BCUT2D eigenvalue weighted by Gasteiger charge is 2.19.